The maximum absolute atomic E-state index is 11.3. The van der Waals surface area contributed by atoms with E-state index in [1.807, 2.05) is 4.90 Å². The van der Waals surface area contributed by atoms with Crippen molar-refractivity contribution in [3.05, 3.63) is 12.6 Å². The first-order valence-electron chi connectivity index (χ1n) is 5.99. The maximum atomic E-state index is 11.3. The molecule has 0 aliphatic carbocycles. The number of anilines is 1. The van der Waals surface area contributed by atoms with Crippen molar-refractivity contribution in [2.75, 3.05) is 11.4 Å². The number of hydrogen-bond acceptors (Lipinski definition) is 4. The minimum absolute atomic E-state index is 0.0193. The van der Waals surface area contributed by atoms with Gasteiger partial charge in [-0.15, -0.1) is 0 Å². The molecule has 1 aromatic rings. The minimum Gasteiger partial charge on any atom is -0.481 e. The third-order valence-electron chi connectivity index (χ3n) is 3.39. The number of carboxylic acids is 1. The topological polar surface area (TPSA) is 66.6 Å². The zero-order valence-electron chi connectivity index (χ0n) is 10.2. The van der Waals surface area contributed by atoms with Gasteiger partial charge in [0.1, 0.15) is 0 Å². The van der Waals surface area contributed by atoms with Crippen LogP contribution in [-0.4, -0.2) is 28.6 Å². The van der Waals surface area contributed by atoms with Gasteiger partial charge in [0.05, 0.1) is 12.1 Å². The van der Waals surface area contributed by atoms with Crippen LogP contribution in [0.15, 0.2) is 17.0 Å². The highest BCUT2D eigenvalue weighted by atomic mass is 16.4. The van der Waals surface area contributed by atoms with E-state index in [1.165, 1.54) is 6.39 Å². The first-order chi connectivity index (χ1) is 8.11. The summed E-state index contributed by atoms with van der Waals surface area (Å²) in [4.78, 5) is 17.3. The summed E-state index contributed by atoms with van der Waals surface area (Å²) in [5, 5.41) is 9.30. The second-order valence-electron chi connectivity index (χ2n) is 4.85. The van der Waals surface area contributed by atoms with Gasteiger partial charge in [-0.3, -0.25) is 4.79 Å². The lowest BCUT2D eigenvalue weighted by Crippen LogP contribution is -2.50. The zero-order valence-corrected chi connectivity index (χ0v) is 10.2. The number of aromatic nitrogens is 1. The van der Waals surface area contributed by atoms with E-state index in [4.69, 9.17) is 4.42 Å². The van der Waals surface area contributed by atoms with Crippen molar-refractivity contribution in [1.29, 1.82) is 0 Å². The van der Waals surface area contributed by atoms with Gasteiger partial charge in [-0.1, -0.05) is 13.8 Å². The van der Waals surface area contributed by atoms with Crippen LogP contribution >= 0.6 is 0 Å². The van der Waals surface area contributed by atoms with Crippen LogP contribution in [0.5, 0.6) is 0 Å². The van der Waals surface area contributed by atoms with E-state index in [9.17, 15) is 9.90 Å². The molecule has 17 heavy (non-hydrogen) atoms. The summed E-state index contributed by atoms with van der Waals surface area (Å²) in [6, 6.07) is -0.0193. The molecule has 2 heterocycles. The monoisotopic (exact) mass is 238 g/mol. The maximum Gasteiger partial charge on any atom is 0.308 e. The highest BCUT2D eigenvalue weighted by molar-refractivity contribution is 5.72. The molecule has 0 unspecified atom stereocenters. The molecule has 5 heteroatoms. The molecule has 1 aliphatic rings. The van der Waals surface area contributed by atoms with Gasteiger partial charge < -0.3 is 14.4 Å². The summed E-state index contributed by atoms with van der Waals surface area (Å²) < 4.78 is 5.30. The van der Waals surface area contributed by atoms with Crippen molar-refractivity contribution < 1.29 is 14.3 Å². The second-order valence-corrected chi connectivity index (χ2v) is 4.85. The number of hydrogen-bond donors (Lipinski definition) is 1. The molecule has 0 aromatic carbocycles. The van der Waals surface area contributed by atoms with Crippen LogP contribution in [0, 0.1) is 11.8 Å². The molecule has 1 fully saturated rings. The number of oxazole rings is 1. The van der Waals surface area contributed by atoms with Crippen molar-refractivity contribution in [3.8, 4) is 0 Å². The number of piperidine rings is 1. The lowest BCUT2D eigenvalue weighted by molar-refractivity contribution is -0.143. The van der Waals surface area contributed by atoms with Crippen molar-refractivity contribution >= 4 is 11.9 Å². The Bertz CT molecular complexity index is 375. The van der Waals surface area contributed by atoms with E-state index >= 15 is 0 Å². The summed E-state index contributed by atoms with van der Waals surface area (Å²) in [6.45, 7) is 4.94. The average Bonchev–Trinajstić information content (AvgIpc) is 2.81. The van der Waals surface area contributed by atoms with E-state index in [0.717, 1.165) is 19.4 Å². The van der Waals surface area contributed by atoms with Gasteiger partial charge in [-0.25, -0.2) is 4.98 Å². The van der Waals surface area contributed by atoms with Crippen LogP contribution in [0.3, 0.4) is 0 Å². The van der Waals surface area contributed by atoms with Gasteiger partial charge in [0, 0.05) is 12.6 Å². The highest BCUT2D eigenvalue weighted by Gasteiger charge is 2.38. The number of aliphatic carboxylic acids is 1. The van der Waals surface area contributed by atoms with Crippen LogP contribution in [0.25, 0.3) is 0 Å². The average molecular weight is 238 g/mol. The van der Waals surface area contributed by atoms with Crippen LogP contribution < -0.4 is 4.90 Å². The van der Waals surface area contributed by atoms with Crippen molar-refractivity contribution in [2.24, 2.45) is 11.8 Å². The van der Waals surface area contributed by atoms with Gasteiger partial charge in [-0.05, 0) is 18.8 Å². The highest BCUT2D eigenvalue weighted by Crippen LogP contribution is 2.32. The molecule has 1 aromatic heterocycles. The summed E-state index contributed by atoms with van der Waals surface area (Å²) in [5.41, 5.74) is 0. The van der Waals surface area contributed by atoms with E-state index in [2.05, 4.69) is 18.8 Å². The van der Waals surface area contributed by atoms with Crippen LogP contribution in [-0.2, 0) is 4.79 Å². The van der Waals surface area contributed by atoms with Crippen molar-refractivity contribution in [2.45, 2.75) is 32.7 Å². The fraction of sp³-hybridized carbons (Fsp3) is 0.667. The Hall–Kier alpha value is -1.52. The Labute approximate surface area is 100 Å². The quantitative estimate of drug-likeness (QED) is 0.872. The molecular formula is C12H18N2O3. The van der Waals surface area contributed by atoms with Gasteiger partial charge >= 0.3 is 5.97 Å². The Morgan fingerprint density at radius 3 is 2.94 bits per heavy atom. The summed E-state index contributed by atoms with van der Waals surface area (Å²) in [7, 11) is 0. The fourth-order valence-electron chi connectivity index (χ4n) is 2.72. The first kappa shape index (κ1) is 12.0. The van der Waals surface area contributed by atoms with Crippen molar-refractivity contribution in [3.63, 3.8) is 0 Å². The Kier molecular flexibility index (Phi) is 3.36. The van der Waals surface area contributed by atoms with E-state index in [1.54, 1.807) is 6.20 Å². The predicted octanol–water partition coefficient (Wildman–Crippen LogP) is 2.00. The summed E-state index contributed by atoms with van der Waals surface area (Å²) in [6.07, 6.45) is 4.65. The summed E-state index contributed by atoms with van der Waals surface area (Å²) >= 11 is 0. The van der Waals surface area contributed by atoms with Crippen LogP contribution in [0.2, 0.25) is 0 Å². The van der Waals surface area contributed by atoms with Gasteiger partial charge in [0.15, 0.2) is 6.39 Å². The predicted molar refractivity (Wildman–Crippen MR) is 62.8 cm³/mol. The van der Waals surface area contributed by atoms with Crippen molar-refractivity contribution in [1.82, 2.24) is 4.98 Å². The molecular weight excluding hydrogens is 220 g/mol. The number of rotatable bonds is 3. The molecule has 94 valence electrons. The molecule has 1 saturated heterocycles. The molecule has 0 spiro atoms. The normalized spacial score (nSPS) is 25.2. The Balaban J connectivity index is 2.27. The largest absolute Gasteiger partial charge is 0.481 e. The molecule has 1 N–H and O–H groups in total. The smallest absolute Gasteiger partial charge is 0.308 e. The van der Waals surface area contributed by atoms with E-state index < -0.39 is 5.97 Å². The second kappa shape index (κ2) is 4.77. The standard InChI is InChI=1S/C12H18N2O3/c1-8(2)11-9(12(15)16)4-3-5-14(11)10-6-13-7-17-10/h6-9,11H,3-5H2,1-2H3,(H,15,16)/t9-,11+/m0/s1. The van der Waals surface area contributed by atoms with Crippen LogP contribution in [0.4, 0.5) is 5.88 Å². The van der Waals surface area contributed by atoms with Gasteiger partial charge in [-0.2, -0.15) is 0 Å². The molecule has 0 radical (unpaired) electrons. The third kappa shape index (κ3) is 2.28. The van der Waals surface area contributed by atoms with E-state index in [0.29, 0.717) is 5.88 Å². The van der Waals surface area contributed by atoms with E-state index in [-0.39, 0.29) is 17.9 Å². The zero-order chi connectivity index (χ0) is 12.4. The SMILES string of the molecule is CC(C)[C@@H]1[C@@H](C(=O)O)CCCN1c1cnco1. The Morgan fingerprint density at radius 2 is 2.41 bits per heavy atom. The van der Waals surface area contributed by atoms with Crippen LogP contribution in [0.1, 0.15) is 26.7 Å². The lowest BCUT2D eigenvalue weighted by atomic mass is 9.83. The molecule has 2 atom stereocenters. The summed E-state index contributed by atoms with van der Waals surface area (Å²) in [5.74, 6) is -0.0992. The number of carboxylic acid groups (broad SMARTS) is 1. The minimum atomic E-state index is -0.715. The molecule has 0 saturated carbocycles. The van der Waals surface area contributed by atoms with Gasteiger partial charge in [0.2, 0.25) is 5.88 Å². The lowest BCUT2D eigenvalue weighted by Gasteiger charge is -2.41. The third-order valence-corrected chi connectivity index (χ3v) is 3.39. The Morgan fingerprint density at radius 1 is 1.65 bits per heavy atom. The molecule has 2 rings (SSSR count). The fourth-order valence-corrected chi connectivity index (χ4v) is 2.72. The number of nitrogens with zero attached hydrogens (tertiary/aromatic N) is 2. The number of carbonyl (C=O) groups is 1. The molecule has 5 nitrogen and oxygen atoms in total. The molecule has 1 aliphatic heterocycles. The van der Waals surface area contributed by atoms with Gasteiger partial charge in [0.25, 0.3) is 0 Å². The first-order valence-corrected chi connectivity index (χ1v) is 5.99. The molecule has 0 amide bonds. The molecule has 0 bridgehead atoms.